The molecule has 1 aromatic carbocycles. The molecule has 2 rings (SSSR count). The van der Waals surface area contributed by atoms with Gasteiger partial charge in [-0.25, -0.2) is 4.98 Å². The van der Waals surface area contributed by atoms with Gasteiger partial charge >= 0.3 is 18.9 Å². The standard InChI is InChI=1S/C11H12ClN2O.Li/c1-8(6-7-15)14-10-5-3-2-4-9(10)13-11(14)12;/h2-5,8H,6-7H2,1H3;/q-1;+1. The molecule has 1 heterocycles. The fourth-order valence-electron chi connectivity index (χ4n) is 1.73. The normalized spacial score (nSPS) is 12.4. The average Bonchev–Trinajstić information content (AvgIpc) is 2.54. The Hall–Kier alpha value is -0.463. The van der Waals surface area contributed by atoms with Gasteiger partial charge in [0.1, 0.15) is 0 Å². The van der Waals surface area contributed by atoms with E-state index in [1.807, 2.05) is 35.8 Å². The van der Waals surface area contributed by atoms with Crippen LogP contribution in [0.4, 0.5) is 0 Å². The van der Waals surface area contributed by atoms with Gasteiger partial charge in [-0.15, -0.1) is 6.61 Å². The first kappa shape index (κ1) is 13.6. The van der Waals surface area contributed by atoms with Crippen LogP contribution in [-0.4, -0.2) is 16.2 Å². The van der Waals surface area contributed by atoms with Crippen molar-refractivity contribution in [3.05, 3.63) is 29.5 Å². The second kappa shape index (κ2) is 5.74. The number of imidazole rings is 1. The van der Waals surface area contributed by atoms with Gasteiger partial charge in [0.2, 0.25) is 5.28 Å². The Kier molecular flexibility index (Phi) is 4.88. The van der Waals surface area contributed by atoms with Crippen molar-refractivity contribution in [1.82, 2.24) is 9.55 Å². The molecule has 0 amide bonds. The molecular weight excluding hydrogens is 219 g/mol. The minimum atomic E-state index is -0.0933. The SMILES string of the molecule is CC(CC[O-])n1c(Cl)nc2ccccc21.[Li+]. The van der Waals surface area contributed by atoms with Gasteiger partial charge in [-0.1, -0.05) is 12.1 Å². The van der Waals surface area contributed by atoms with Crippen molar-refractivity contribution in [3.8, 4) is 0 Å². The maximum absolute atomic E-state index is 10.6. The van der Waals surface area contributed by atoms with Crippen molar-refractivity contribution >= 4 is 22.6 Å². The monoisotopic (exact) mass is 230 g/mol. The zero-order valence-electron chi connectivity index (χ0n) is 9.48. The van der Waals surface area contributed by atoms with Gasteiger partial charge in [0.15, 0.2) is 0 Å². The largest absolute Gasteiger partial charge is 1.00 e. The quantitative estimate of drug-likeness (QED) is 0.635. The molecule has 0 saturated heterocycles. The Balaban J connectivity index is 0.00000128. The summed E-state index contributed by atoms with van der Waals surface area (Å²) in [5.41, 5.74) is 1.86. The number of para-hydroxylation sites is 2. The van der Waals surface area contributed by atoms with Crippen LogP contribution in [0.3, 0.4) is 0 Å². The number of hydrogen-bond donors (Lipinski definition) is 0. The van der Waals surface area contributed by atoms with Gasteiger partial charge in [-0.2, -0.15) is 0 Å². The van der Waals surface area contributed by atoms with E-state index >= 15 is 0 Å². The Morgan fingerprint density at radius 2 is 2.12 bits per heavy atom. The molecule has 1 aromatic heterocycles. The molecule has 2 aromatic rings. The van der Waals surface area contributed by atoms with Crippen molar-refractivity contribution in [2.75, 3.05) is 6.61 Å². The van der Waals surface area contributed by atoms with Crippen LogP contribution in [0, 0.1) is 0 Å². The second-order valence-electron chi connectivity index (χ2n) is 3.58. The zero-order valence-corrected chi connectivity index (χ0v) is 10.2. The van der Waals surface area contributed by atoms with Crippen molar-refractivity contribution in [3.63, 3.8) is 0 Å². The molecule has 80 valence electrons. The predicted molar refractivity (Wildman–Crippen MR) is 58.9 cm³/mol. The van der Waals surface area contributed by atoms with Crippen LogP contribution in [0.15, 0.2) is 24.3 Å². The molecule has 0 aliphatic rings. The van der Waals surface area contributed by atoms with E-state index in [9.17, 15) is 5.11 Å². The third-order valence-electron chi connectivity index (χ3n) is 2.53. The summed E-state index contributed by atoms with van der Waals surface area (Å²) in [7, 11) is 0. The third kappa shape index (κ3) is 2.44. The summed E-state index contributed by atoms with van der Waals surface area (Å²) >= 11 is 6.05. The fourth-order valence-corrected chi connectivity index (χ4v) is 2.08. The van der Waals surface area contributed by atoms with Crippen molar-refractivity contribution < 1.29 is 24.0 Å². The van der Waals surface area contributed by atoms with Gasteiger partial charge < -0.3 is 9.67 Å². The van der Waals surface area contributed by atoms with Gasteiger partial charge in [0.25, 0.3) is 0 Å². The van der Waals surface area contributed by atoms with Crippen LogP contribution in [0.1, 0.15) is 19.4 Å². The molecule has 3 nitrogen and oxygen atoms in total. The molecule has 0 bridgehead atoms. The summed E-state index contributed by atoms with van der Waals surface area (Å²) in [5.74, 6) is 0. The van der Waals surface area contributed by atoms with E-state index in [4.69, 9.17) is 11.6 Å². The summed E-state index contributed by atoms with van der Waals surface area (Å²) in [6.07, 6.45) is 0.570. The third-order valence-corrected chi connectivity index (χ3v) is 2.80. The molecule has 0 saturated carbocycles. The minimum Gasteiger partial charge on any atom is -0.854 e. The van der Waals surface area contributed by atoms with Gasteiger partial charge in [-0.05, 0) is 37.1 Å². The zero-order chi connectivity index (χ0) is 10.8. The van der Waals surface area contributed by atoms with E-state index in [0.29, 0.717) is 11.7 Å². The molecule has 0 radical (unpaired) electrons. The molecule has 0 N–H and O–H groups in total. The molecular formula is C11H12ClLiN2O. The first-order valence-corrected chi connectivity index (χ1v) is 5.32. The van der Waals surface area contributed by atoms with Crippen LogP contribution < -0.4 is 24.0 Å². The topological polar surface area (TPSA) is 40.9 Å². The van der Waals surface area contributed by atoms with Gasteiger partial charge in [0.05, 0.1) is 11.0 Å². The number of aromatic nitrogens is 2. The number of halogens is 1. The predicted octanol–water partition coefficient (Wildman–Crippen LogP) is -0.995. The Morgan fingerprint density at radius 1 is 1.44 bits per heavy atom. The maximum Gasteiger partial charge on any atom is 1.00 e. The molecule has 0 aliphatic carbocycles. The van der Waals surface area contributed by atoms with Gasteiger partial charge in [-0.3, -0.25) is 0 Å². The van der Waals surface area contributed by atoms with Crippen LogP contribution in [0.5, 0.6) is 0 Å². The van der Waals surface area contributed by atoms with Crippen LogP contribution in [-0.2, 0) is 0 Å². The summed E-state index contributed by atoms with van der Waals surface area (Å²) in [4.78, 5) is 4.24. The molecule has 1 unspecified atom stereocenters. The number of benzene rings is 1. The Bertz CT molecular complexity index is 472. The van der Waals surface area contributed by atoms with Crippen LogP contribution >= 0.6 is 11.6 Å². The van der Waals surface area contributed by atoms with E-state index in [2.05, 4.69) is 4.98 Å². The first-order chi connectivity index (χ1) is 7.24. The summed E-state index contributed by atoms with van der Waals surface area (Å²) in [5, 5.41) is 11.1. The molecule has 5 heteroatoms. The Labute approximate surface area is 112 Å². The number of fused-ring (bicyclic) bond motifs is 1. The molecule has 0 fully saturated rings. The second-order valence-corrected chi connectivity index (χ2v) is 3.92. The van der Waals surface area contributed by atoms with E-state index in [1.165, 1.54) is 0 Å². The number of hydrogen-bond acceptors (Lipinski definition) is 2. The smallest absolute Gasteiger partial charge is 0.854 e. The Morgan fingerprint density at radius 3 is 2.81 bits per heavy atom. The van der Waals surface area contributed by atoms with Crippen molar-refractivity contribution in [1.29, 1.82) is 0 Å². The fraction of sp³-hybridized carbons (Fsp3) is 0.364. The number of rotatable bonds is 3. The summed E-state index contributed by atoms with van der Waals surface area (Å²) in [6, 6.07) is 7.86. The summed E-state index contributed by atoms with van der Waals surface area (Å²) < 4.78 is 1.91. The maximum atomic E-state index is 10.6. The first-order valence-electron chi connectivity index (χ1n) is 4.94. The van der Waals surface area contributed by atoms with E-state index in [1.54, 1.807) is 0 Å². The van der Waals surface area contributed by atoms with Gasteiger partial charge in [0, 0.05) is 6.04 Å². The van der Waals surface area contributed by atoms with Crippen molar-refractivity contribution in [2.24, 2.45) is 0 Å². The summed E-state index contributed by atoms with van der Waals surface area (Å²) in [6.45, 7) is 1.89. The average molecular weight is 231 g/mol. The minimum absolute atomic E-state index is 0. The molecule has 0 spiro atoms. The van der Waals surface area contributed by atoms with E-state index in [0.717, 1.165) is 11.0 Å². The molecule has 16 heavy (non-hydrogen) atoms. The van der Waals surface area contributed by atoms with E-state index < -0.39 is 0 Å². The van der Waals surface area contributed by atoms with Crippen molar-refractivity contribution in [2.45, 2.75) is 19.4 Å². The number of nitrogens with zero attached hydrogens (tertiary/aromatic N) is 2. The molecule has 1 atom stereocenters. The van der Waals surface area contributed by atoms with Crippen LogP contribution in [0.2, 0.25) is 5.28 Å². The van der Waals surface area contributed by atoms with E-state index in [-0.39, 0.29) is 31.5 Å². The molecule has 0 aliphatic heterocycles. The van der Waals surface area contributed by atoms with Crippen LogP contribution in [0.25, 0.3) is 11.0 Å².